The van der Waals surface area contributed by atoms with E-state index in [1.54, 1.807) is 0 Å². The third-order valence-corrected chi connectivity index (χ3v) is 7.08. The highest BCUT2D eigenvalue weighted by atomic mass is 28.4. The molecule has 0 aliphatic rings. The summed E-state index contributed by atoms with van der Waals surface area (Å²) in [7, 11) is -1.22. The molecule has 0 amide bonds. The Hall–Kier alpha value is -1.17. The number of hydrogen-bond donors (Lipinski definition) is 0. The molecular formula is C16H24OSi2. The quantitative estimate of drug-likeness (QED) is 0.764. The van der Waals surface area contributed by atoms with Gasteiger partial charge in [-0.2, -0.15) is 0 Å². The molecule has 2 aromatic carbocycles. The minimum Gasteiger partial charge on any atom is -0.461 e. The normalized spacial score (nSPS) is 11.2. The van der Waals surface area contributed by atoms with Crippen LogP contribution in [0.3, 0.4) is 0 Å². The predicted octanol–water partition coefficient (Wildman–Crippen LogP) is 4.32. The van der Waals surface area contributed by atoms with Crippen molar-refractivity contribution in [1.29, 1.82) is 0 Å². The van der Waals surface area contributed by atoms with Gasteiger partial charge in [0.25, 0.3) is 0 Å². The van der Waals surface area contributed by atoms with Gasteiger partial charge in [0.15, 0.2) is 8.32 Å². The first-order chi connectivity index (χ1) is 9.03. The molecule has 0 saturated heterocycles. The average Bonchev–Trinajstić information content (AvgIpc) is 2.40. The Morgan fingerprint density at radius 3 is 1.32 bits per heavy atom. The Morgan fingerprint density at radius 2 is 1.11 bits per heavy atom. The average molecular weight is 289 g/mol. The second-order valence-electron chi connectivity index (χ2n) is 5.28. The SMILES string of the molecule is C[SiH2]O[Si](C)(C)C.c1ccc(-c2ccccc2)cc1. The van der Waals surface area contributed by atoms with Gasteiger partial charge in [0.1, 0.15) is 9.76 Å². The van der Waals surface area contributed by atoms with Crippen molar-refractivity contribution >= 4 is 18.1 Å². The van der Waals surface area contributed by atoms with E-state index in [0.29, 0.717) is 0 Å². The molecule has 0 unspecified atom stereocenters. The minimum atomic E-state index is -1.10. The van der Waals surface area contributed by atoms with Gasteiger partial charge in [0, 0.05) is 0 Å². The molecule has 0 fully saturated rings. The Morgan fingerprint density at radius 1 is 0.737 bits per heavy atom. The van der Waals surface area contributed by atoms with E-state index in [1.165, 1.54) is 11.1 Å². The molecule has 2 rings (SSSR count). The fourth-order valence-electron chi connectivity index (χ4n) is 1.69. The Labute approximate surface area is 120 Å². The van der Waals surface area contributed by atoms with Crippen LogP contribution in [-0.4, -0.2) is 18.1 Å². The van der Waals surface area contributed by atoms with Crippen molar-refractivity contribution in [3.8, 4) is 11.1 Å². The lowest BCUT2D eigenvalue weighted by Gasteiger charge is -2.14. The Kier molecular flexibility index (Phi) is 6.77. The van der Waals surface area contributed by atoms with Gasteiger partial charge in [0.05, 0.1) is 0 Å². The van der Waals surface area contributed by atoms with Crippen LogP contribution < -0.4 is 0 Å². The van der Waals surface area contributed by atoms with Crippen molar-refractivity contribution in [2.75, 3.05) is 0 Å². The molecule has 0 N–H and O–H groups in total. The third-order valence-electron chi connectivity index (χ3n) is 2.46. The molecule has 0 radical (unpaired) electrons. The summed E-state index contributed by atoms with van der Waals surface area (Å²) in [4.78, 5) is 0. The summed E-state index contributed by atoms with van der Waals surface area (Å²) in [5.41, 5.74) is 2.55. The van der Waals surface area contributed by atoms with E-state index in [1.807, 2.05) is 12.1 Å². The van der Waals surface area contributed by atoms with Gasteiger partial charge >= 0.3 is 0 Å². The summed E-state index contributed by atoms with van der Waals surface area (Å²) in [5, 5.41) is 0. The zero-order chi connectivity index (χ0) is 14.1. The second kappa shape index (κ2) is 8.09. The maximum atomic E-state index is 5.51. The molecule has 19 heavy (non-hydrogen) atoms. The summed E-state index contributed by atoms with van der Waals surface area (Å²) < 4.78 is 5.51. The van der Waals surface area contributed by atoms with Crippen LogP contribution in [0.15, 0.2) is 60.7 Å². The molecular weight excluding hydrogens is 264 g/mol. The summed E-state index contributed by atoms with van der Waals surface area (Å²) in [5.74, 6) is 0. The summed E-state index contributed by atoms with van der Waals surface area (Å²) in [6.07, 6.45) is 0. The number of hydrogen-bond acceptors (Lipinski definition) is 1. The zero-order valence-electron chi connectivity index (χ0n) is 12.4. The second-order valence-corrected chi connectivity index (χ2v) is 11.2. The smallest absolute Gasteiger partial charge is 0.169 e. The van der Waals surface area contributed by atoms with Crippen LogP contribution in [0, 0.1) is 0 Å². The molecule has 102 valence electrons. The van der Waals surface area contributed by atoms with E-state index in [4.69, 9.17) is 4.12 Å². The maximum absolute atomic E-state index is 5.51. The van der Waals surface area contributed by atoms with Crippen LogP contribution in [0.1, 0.15) is 0 Å². The van der Waals surface area contributed by atoms with E-state index in [-0.39, 0.29) is 9.76 Å². The van der Waals surface area contributed by atoms with E-state index in [2.05, 4.69) is 74.7 Å². The van der Waals surface area contributed by atoms with Gasteiger partial charge in [-0.25, -0.2) is 0 Å². The monoisotopic (exact) mass is 288 g/mol. The van der Waals surface area contributed by atoms with Crippen molar-refractivity contribution in [1.82, 2.24) is 0 Å². The lowest BCUT2D eigenvalue weighted by molar-refractivity contribution is 0.603. The predicted molar refractivity (Wildman–Crippen MR) is 90.7 cm³/mol. The first-order valence-corrected chi connectivity index (χ1v) is 12.2. The molecule has 0 aliphatic carbocycles. The highest BCUT2D eigenvalue weighted by Crippen LogP contribution is 2.17. The van der Waals surface area contributed by atoms with Gasteiger partial charge in [-0.3, -0.25) is 0 Å². The van der Waals surface area contributed by atoms with Gasteiger partial charge in [-0.05, 0) is 30.8 Å². The Bertz CT molecular complexity index is 412. The molecule has 0 aromatic heterocycles. The van der Waals surface area contributed by atoms with Crippen LogP contribution in [0.25, 0.3) is 11.1 Å². The van der Waals surface area contributed by atoms with Gasteiger partial charge in [-0.15, -0.1) is 0 Å². The molecule has 1 nitrogen and oxygen atoms in total. The van der Waals surface area contributed by atoms with Crippen molar-refractivity contribution < 1.29 is 4.12 Å². The number of rotatable bonds is 3. The highest BCUT2D eigenvalue weighted by molar-refractivity contribution is 6.73. The lowest BCUT2D eigenvalue weighted by atomic mass is 10.1. The first-order valence-electron chi connectivity index (χ1n) is 6.77. The molecule has 0 heterocycles. The molecule has 0 spiro atoms. The molecule has 0 bridgehead atoms. The first kappa shape index (κ1) is 15.9. The summed E-state index contributed by atoms with van der Waals surface area (Å²) >= 11 is 0. The standard InChI is InChI=1S/C12H10.C4H14OSi2/c1-3-7-11(8-4-1)12-9-5-2-6-10-12;1-6-5-7(2,3)4/h1-10H;6H2,1-4H3. The maximum Gasteiger partial charge on any atom is 0.169 e. The molecule has 3 heteroatoms. The molecule has 0 aliphatic heterocycles. The van der Waals surface area contributed by atoms with E-state index in [0.717, 1.165) is 0 Å². The van der Waals surface area contributed by atoms with E-state index >= 15 is 0 Å². The summed E-state index contributed by atoms with van der Waals surface area (Å²) in [6, 6.07) is 20.8. The molecule has 2 aromatic rings. The van der Waals surface area contributed by atoms with Crippen LogP contribution in [0.4, 0.5) is 0 Å². The van der Waals surface area contributed by atoms with Crippen LogP contribution in [0.2, 0.25) is 26.2 Å². The molecule has 0 atom stereocenters. The zero-order valence-corrected chi connectivity index (χ0v) is 14.8. The minimum absolute atomic E-state index is 0.128. The van der Waals surface area contributed by atoms with E-state index < -0.39 is 8.32 Å². The van der Waals surface area contributed by atoms with Crippen LogP contribution in [-0.2, 0) is 4.12 Å². The highest BCUT2D eigenvalue weighted by Gasteiger charge is 2.10. The van der Waals surface area contributed by atoms with Crippen LogP contribution >= 0.6 is 0 Å². The van der Waals surface area contributed by atoms with Gasteiger partial charge in [0.2, 0.25) is 0 Å². The number of benzene rings is 2. The molecule has 0 saturated carbocycles. The van der Waals surface area contributed by atoms with Gasteiger partial charge < -0.3 is 4.12 Å². The fourth-order valence-corrected chi connectivity index (χ4v) is 5.16. The van der Waals surface area contributed by atoms with Crippen molar-refractivity contribution in [2.24, 2.45) is 0 Å². The van der Waals surface area contributed by atoms with Crippen molar-refractivity contribution in [3.05, 3.63) is 60.7 Å². The van der Waals surface area contributed by atoms with Crippen molar-refractivity contribution in [2.45, 2.75) is 26.2 Å². The summed E-state index contributed by atoms with van der Waals surface area (Å²) in [6.45, 7) is 8.86. The third kappa shape index (κ3) is 7.10. The van der Waals surface area contributed by atoms with Crippen molar-refractivity contribution in [3.63, 3.8) is 0 Å². The van der Waals surface area contributed by atoms with Crippen LogP contribution in [0.5, 0.6) is 0 Å². The van der Waals surface area contributed by atoms with E-state index in [9.17, 15) is 0 Å². The fraction of sp³-hybridized carbons (Fsp3) is 0.250. The van der Waals surface area contributed by atoms with Gasteiger partial charge in [-0.1, -0.05) is 67.2 Å². The Balaban J connectivity index is 0.000000224. The largest absolute Gasteiger partial charge is 0.461 e. The lowest BCUT2D eigenvalue weighted by Crippen LogP contribution is -2.26. The topological polar surface area (TPSA) is 9.23 Å².